The van der Waals surface area contributed by atoms with Crippen LogP contribution in [0.2, 0.25) is 0 Å². The third-order valence-corrected chi connectivity index (χ3v) is 3.53. The fourth-order valence-corrected chi connectivity index (χ4v) is 2.53. The minimum atomic E-state index is 0.458. The predicted molar refractivity (Wildman–Crippen MR) is 75.6 cm³/mol. The summed E-state index contributed by atoms with van der Waals surface area (Å²) in [5.74, 6) is 0. The van der Waals surface area contributed by atoms with Crippen molar-refractivity contribution in [2.45, 2.75) is 52.9 Å². The summed E-state index contributed by atoms with van der Waals surface area (Å²) >= 11 is 0. The summed E-state index contributed by atoms with van der Waals surface area (Å²) in [6.45, 7) is 8.02. The Morgan fingerprint density at radius 3 is 2.65 bits per heavy atom. The molecule has 1 nitrogen and oxygen atoms in total. The molecule has 0 saturated carbocycles. The highest BCUT2D eigenvalue weighted by molar-refractivity contribution is 5.50. The maximum Gasteiger partial charge on any atom is 0.0343 e. The average Bonchev–Trinajstić information content (AvgIpc) is 2.70. The average molecular weight is 231 g/mol. The summed E-state index contributed by atoms with van der Waals surface area (Å²) in [5, 5.41) is 3.55. The maximum atomic E-state index is 3.55. The molecule has 1 aliphatic rings. The molecule has 0 aromatic heterocycles. The van der Waals surface area contributed by atoms with E-state index < -0.39 is 0 Å². The monoisotopic (exact) mass is 231 g/mol. The summed E-state index contributed by atoms with van der Waals surface area (Å²) in [5.41, 5.74) is 4.88. The van der Waals surface area contributed by atoms with E-state index in [1.54, 1.807) is 11.1 Å². The second-order valence-electron chi connectivity index (χ2n) is 6.43. The molecule has 0 amide bonds. The van der Waals surface area contributed by atoms with Gasteiger partial charge in [0.05, 0.1) is 0 Å². The minimum Gasteiger partial charge on any atom is -0.385 e. The van der Waals surface area contributed by atoms with Gasteiger partial charge < -0.3 is 5.32 Å². The van der Waals surface area contributed by atoms with Gasteiger partial charge in [-0.2, -0.15) is 0 Å². The number of rotatable bonds is 4. The molecule has 0 atom stereocenters. The van der Waals surface area contributed by atoms with Crippen LogP contribution in [0.15, 0.2) is 18.2 Å². The fourth-order valence-electron chi connectivity index (χ4n) is 2.53. The van der Waals surface area contributed by atoms with Crippen LogP contribution in [-0.4, -0.2) is 6.54 Å². The second kappa shape index (κ2) is 5.12. The van der Waals surface area contributed by atoms with Crippen LogP contribution in [0.25, 0.3) is 0 Å². The van der Waals surface area contributed by atoms with Gasteiger partial charge in [0.1, 0.15) is 0 Å². The van der Waals surface area contributed by atoms with E-state index in [0.29, 0.717) is 5.41 Å². The van der Waals surface area contributed by atoms with E-state index in [1.807, 2.05) is 0 Å². The molecule has 0 aliphatic heterocycles. The SMILES string of the molecule is CC(C)(C)CCCNc1ccc2c(c1)CCC2. The lowest BCUT2D eigenvalue weighted by molar-refractivity contribution is 0.370. The Labute approximate surface area is 106 Å². The molecule has 0 radical (unpaired) electrons. The zero-order valence-corrected chi connectivity index (χ0v) is 11.5. The molecular weight excluding hydrogens is 206 g/mol. The van der Waals surface area contributed by atoms with Gasteiger partial charge in [-0.3, -0.25) is 0 Å². The molecule has 0 fully saturated rings. The highest BCUT2D eigenvalue weighted by Crippen LogP contribution is 2.25. The van der Waals surface area contributed by atoms with Gasteiger partial charge in [0.25, 0.3) is 0 Å². The largest absolute Gasteiger partial charge is 0.385 e. The van der Waals surface area contributed by atoms with Crippen molar-refractivity contribution in [1.82, 2.24) is 0 Å². The van der Waals surface area contributed by atoms with Crippen molar-refractivity contribution in [2.75, 3.05) is 11.9 Å². The molecule has 1 heteroatoms. The van der Waals surface area contributed by atoms with E-state index in [9.17, 15) is 0 Å². The van der Waals surface area contributed by atoms with Crippen LogP contribution in [0.5, 0.6) is 0 Å². The van der Waals surface area contributed by atoms with Crippen LogP contribution in [0.3, 0.4) is 0 Å². The lowest BCUT2D eigenvalue weighted by Gasteiger charge is -2.18. The Bertz CT molecular complexity index is 374. The highest BCUT2D eigenvalue weighted by atomic mass is 14.9. The van der Waals surface area contributed by atoms with Crippen molar-refractivity contribution in [3.63, 3.8) is 0 Å². The molecule has 94 valence electrons. The summed E-state index contributed by atoms with van der Waals surface area (Å²) in [6.07, 6.45) is 6.42. The first kappa shape index (κ1) is 12.5. The number of fused-ring (bicyclic) bond motifs is 1. The molecule has 1 aromatic rings. The van der Waals surface area contributed by atoms with Gasteiger partial charge in [0.15, 0.2) is 0 Å². The Morgan fingerprint density at radius 1 is 1.12 bits per heavy atom. The Morgan fingerprint density at radius 2 is 1.88 bits per heavy atom. The molecule has 0 spiro atoms. The van der Waals surface area contributed by atoms with E-state index in [4.69, 9.17) is 0 Å². The van der Waals surface area contributed by atoms with Gasteiger partial charge in [-0.05, 0) is 60.8 Å². The van der Waals surface area contributed by atoms with E-state index in [0.717, 1.165) is 6.54 Å². The molecule has 0 heterocycles. The normalized spacial score (nSPS) is 14.8. The summed E-state index contributed by atoms with van der Waals surface area (Å²) in [7, 11) is 0. The molecule has 2 rings (SSSR count). The number of anilines is 1. The van der Waals surface area contributed by atoms with Crippen molar-refractivity contribution in [3.8, 4) is 0 Å². The molecule has 0 bridgehead atoms. The zero-order chi connectivity index (χ0) is 12.3. The van der Waals surface area contributed by atoms with Gasteiger partial charge in [-0.25, -0.2) is 0 Å². The van der Waals surface area contributed by atoms with E-state index in [2.05, 4.69) is 44.3 Å². The number of hydrogen-bond donors (Lipinski definition) is 1. The van der Waals surface area contributed by atoms with Crippen LogP contribution in [0, 0.1) is 5.41 Å². The van der Waals surface area contributed by atoms with Crippen molar-refractivity contribution in [2.24, 2.45) is 5.41 Å². The smallest absolute Gasteiger partial charge is 0.0343 e. The lowest BCUT2D eigenvalue weighted by Crippen LogP contribution is -2.09. The summed E-state index contributed by atoms with van der Waals surface area (Å²) in [4.78, 5) is 0. The van der Waals surface area contributed by atoms with Gasteiger partial charge in [0.2, 0.25) is 0 Å². The van der Waals surface area contributed by atoms with Crippen LogP contribution in [0.1, 0.15) is 51.2 Å². The molecule has 0 saturated heterocycles. The van der Waals surface area contributed by atoms with Crippen LogP contribution < -0.4 is 5.32 Å². The van der Waals surface area contributed by atoms with Crippen molar-refractivity contribution < 1.29 is 0 Å². The van der Waals surface area contributed by atoms with Gasteiger partial charge in [0, 0.05) is 12.2 Å². The van der Waals surface area contributed by atoms with Gasteiger partial charge in [-0.1, -0.05) is 26.8 Å². The quantitative estimate of drug-likeness (QED) is 0.757. The third kappa shape index (κ3) is 3.76. The molecule has 17 heavy (non-hydrogen) atoms. The number of hydrogen-bond acceptors (Lipinski definition) is 1. The lowest BCUT2D eigenvalue weighted by atomic mass is 9.91. The fraction of sp³-hybridized carbons (Fsp3) is 0.625. The zero-order valence-electron chi connectivity index (χ0n) is 11.5. The summed E-state index contributed by atoms with van der Waals surface area (Å²) in [6, 6.07) is 6.88. The number of aryl methyl sites for hydroxylation is 2. The van der Waals surface area contributed by atoms with Crippen LogP contribution >= 0.6 is 0 Å². The van der Waals surface area contributed by atoms with Gasteiger partial charge in [-0.15, -0.1) is 0 Å². The molecular formula is C16H25N. The molecule has 1 N–H and O–H groups in total. The van der Waals surface area contributed by atoms with Crippen molar-refractivity contribution >= 4 is 5.69 Å². The second-order valence-corrected chi connectivity index (χ2v) is 6.43. The topological polar surface area (TPSA) is 12.0 Å². The van der Waals surface area contributed by atoms with E-state index in [-0.39, 0.29) is 0 Å². The van der Waals surface area contributed by atoms with Crippen molar-refractivity contribution in [3.05, 3.63) is 29.3 Å². The van der Waals surface area contributed by atoms with Crippen LogP contribution in [0.4, 0.5) is 5.69 Å². The third-order valence-electron chi connectivity index (χ3n) is 3.53. The highest BCUT2D eigenvalue weighted by Gasteiger charge is 2.11. The summed E-state index contributed by atoms with van der Waals surface area (Å²) < 4.78 is 0. The number of benzene rings is 1. The molecule has 0 unspecified atom stereocenters. The minimum absolute atomic E-state index is 0.458. The van der Waals surface area contributed by atoms with E-state index in [1.165, 1.54) is 37.8 Å². The first-order valence-electron chi connectivity index (χ1n) is 6.90. The van der Waals surface area contributed by atoms with Gasteiger partial charge >= 0.3 is 0 Å². The Hall–Kier alpha value is -0.980. The van der Waals surface area contributed by atoms with Crippen molar-refractivity contribution in [1.29, 1.82) is 0 Å². The first-order valence-corrected chi connectivity index (χ1v) is 6.90. The van der Waals surface area contributed by atoms with Crippen LogP contribution in [-0.2, 0) is 12.8 Å². The standard InChI is InChI=1S/C16H25N/c1-16(2,3)10-5-11-17-15-9-8-13-6-4-7-14(13)12-15/h8-9,12,17H,4-7,10-11H2,1-3H3. The predicted octanol–water partition coefficient (Wildman–Crippen LogP) is 4.41. The number of nitrogens with one attached hydrogen (secondary N) is 1. The van der Waals surface area contributed by atoms with E-state index >= 15 is 0 Å². The molecule has 1 aromatic carbocycles. The Balaban J connectivity index is 1.80. The molecule has 1 aliphatic carbocycles. The Kier molecular flexibility index (Phi) is 3.76. The first-order chi connectivity index (χ1) is 8.04. The maximum absolute atomic E-state index is 3.55.